The van der Waals surface area contributed by atoms with Crippen molar-refractivity contribution in [3.8, 4) is 0 Å². The molecule has 0 aliphatic heterocycles. The quantitative estimate of drug-likeness (QED) is 0.687. The Kier molecular flexibility index (Phi) is 3.88. The number of aromatic amines is 1. The van der Waals surface area contributed by atoms with Gasteiger partial charge in [-0.05, 0) is 42.3 Å². The van der Waals surface area contributed by atoms with Gasteiger partial charge in [0.05, 0.1) is 6.61 Å². The Labute approximate surface area is 132 Å². The van der Waals surface area contributed by atoms with Crippen LogP contribution < -0.4 is 5.32 Å². The van der Waals surface area contributed by atoms with Gasteiger partial charge in [-0.25, -0.2) is 0 Å². The molecule has 0 fully saturated rings. The van der Waals surface area contributed by atoms with Crippen LogP contribution in [0, 0.1) is 6.92 Å². The second-order valence-corrected chi connectivity index (χ2v) is 5.61. The molecule has 3 N–H and O–H groups in total. The Morgan fingerprint density at radius 2 is 2.05 bits per heavy atom. The maximum absolute atomic E-state index is 12.4. The third-order valence-electron chi connectivity index (χ3n) is 3.56. The number of fused-ring (bicyclic) bond motifs is 1. The van der Waals surface area contributed by atoms with Gasteiger partial charge in [-0.2, -0.15) is 0 Å². The Bertz CT molecular complexity index is 855. The molecule has 0 radical (unpaired) electrons. The van der Waals surface area contributed by atoms with Crippen LogP contribution in [0.2, 0.25) is 5.02 Å². The number of aryl methyl sites for hydroxylation is 1. The lowest BCUT2D eigenvalue weighted by Crippen LogP contribution is -2.13. The normalized spacial score (nSPS) is 10.9. The van der Waals surface area contributed by atoms with E-state index in [2.05, 4.69) is 10.3 Å². The summed E-state index contributed by atoms with van der Waals surface area (Å²) in [4.78, 5) is 15.4. The highest BCUT2D eigenvalue weighted by atomic mass is 35.5. The third-order valence-corrected chi connectivity index (χ3v) is 3.80. The maximum atomic E-state index is 12.4. The molecule has 1 heterocycles. The van der Waals surface area contributed by atoms with Crippen molar-refractivity contribution in [1.82, 2.24) is 4.98 Å². The van der Waals surface area contributed by atoms with E-state index in [-0.39, 0.29) is 12.5 Å². The van der Waals surface area contributed by atoms with Crippen molar-refractivity contribution in [2.45, 2.75) is 13.5 Å². The highest BCUT2D eigenvalue weighted by molar-refractivity contribution is 6.31. The number of H-pyrrole nitrogens is 1. The van der Waals surface area contributed by atoms with Crippen LogP contribution in [0.4, 0.5) is 5.69 Å². The van der Waals surface area contributed by atoms with E-state index in [4.69, 9.17) is 11.6 Å². The lowest BCUT2D eigenvalue weighted by Gasteiger charge is -2.09. The first-order valence-electron chi connectivity index (χ1n) is 6.87. The predicted molar refractivity (Wildman–Crippen MR) is 88.4 cm³/mol. The zero-order chi connectivity index (χ0) is 15.7. The summed E-state index contributed by atoms with van der Waals surface area (Å²) in [7, 11) is 0. The molecule has 0 aliphatic rings. The molecule has 22 heavy (non-hydrogen) atoms. The Balaban J connectivity index is 1.90. The molecule has 1 aromatic heterocycles. The van der Waals surface area contributed by atoms with Gasteiger partial charge >= 0.3 is 0 Å². The summed E-state index contributed by atoms with van der Waals surface area (Å²) in [5.41, 5.74) is 3.66. The Morgan fingerprint density at radius 1 is 1.23 bits per heavy atom. The summed E-state index contributed by atoms with van der Waals surface area (Å²) in [6, 6.07) is 12.7. The van der Waals surface area contributed by atoms with E-state index in [1.165, 1.54) is 0 Å². The molecule has 2 aromatic carbocycles. The summed E-state index contributed by atoms with van der Waals surface area (Å²) >= 11 is 5.95. The number of aromatic nitrogens is 1. The van der Waals surface area contributed by atoms with Crippen molar-refractivity contribution < 1.29 is 9.90 Å². The third kappa shape index (κ3) is 2.84. The molecular formula is C17H15ClN2O2. The van der Waals surface area contributed by atoms with Gasteiger partial charge in [-0.15, -0.1) is 0 Å². The van der Waals surface area contributed by atoms with Gasteiger partial charge in [0.25, 0.3) is 5.91 Å². The minimum Gasteiger partial charge on any atom is -0.392 e. The minimum atomic E-state index is -0.231. The molecule has 3 aromatic rings. The number of anilines is 1. The number of aliphatic hydroxyl groups excluding tert-OH is 1. The van der Waals surface area contributed by atoms with Crippen molar-refractivity contribution in [3.05, 3.63) is 64.3 Å². The highest BCUT2D eigenvalue weighted by Crippen LogP contribution is 2.22. The van der Waals surface area contributed by atoms with Crippen LogP contribution >= 0.6 is 11.6 Å². The van der Waals surface area contributed by atoms with Crippen molar-refractivity contribution in [2.75, 3.05) is 5.32 Å². The fraction of sp³-hybridized carbons (Fsp3) is 0.118. The number of amides is 1. The second-order valence-electron chi connectivity index (χ2n) is 5.18. The topological polar surface area (TPSA) is 65.1 Å². The number of rotatable bonds is 3. The van der Waals surface area contributed by atoms with Gasteiger partial charge in [0.15, 0.2) is 0 Å². The molecule has 0 unspecified atom stereocenters. The second kappa shape index (κ2) is 5.83. The molecule has 112 valence electrons. The molecular weight excluding hydrogens is 300 g/mol. The number of nitrogens with one attached hydrogen (secondary N) is 2. The summed E-state index contributed by atoms with van der Waals surface area (Å²) in [6.07, 6.45) is 0. The molecule has 0 saturated heterocycles. The van der Waals surface area contributed by atoms with Crippen LogP contribution in [0.25, 0.3) is 10.9 Å². The van der Waals surface area contributed by atoms with Crippen LogP contribution in [0.5, 0.6) is 0 Å². The molecule has 3 rings (SSSR count). The molecule has 4 nitrogen and oxygen atoms in total. The van der Waals surface area contributed by atoms with E-state index < -0.39 is 0 Å². The van der Waals surface area contributed by atoms with E-state index >= 15 is 0 Å². The van der Waals surface area contributed by atoms with E-state index in [1.54, 1.807) is 24.3 Å². The monoisotopic (exact) mass is 314 g/mol. The SMILES string of the molecule is Cc1ccc(CO)cc1NC(=O)c1cc2ccc(Cl)cc2[nH]1. The fourth-order valence-corrected chi connectivity index (χ4v) is 2.49. The lowest BCUT2D eigenvalue weighted by atomic mass is 10.1. The van der Waals surface area contributed by atoms with Gasteiger partial charge < -0.3 is 15.4 Å². The van der Waals surface area contributed by atoms with Gasteiger partial charge in [0, 0.05) is 21.6 Å². The summed E-state index contributed by atoms with van der Waals surface area (Å²) in [5.74, 6) is -0.231. The molecule has 0 aliphatic carbocycles. The van der Waals surface area contributed by atoms with E-state index in [0.717, 1.165) is 22.0 Å². The van der Waals surface area contributed by atoms with Crippen LogP contribution in [-0.2, 0) is 6.61 Å². The summed E-state index contributed by atoms with van der Waals surface area (Å²) in [5, 5.41) is 13.6. The summed E-state index contributed by atoms with van der Waals surface area (Å²) < 4.78 is 0. The Hall–Kier alpha value is -2.30. The molecule has 0 spiro atoms. The van der Waals surface area contributed by atoms with Gasteiger partial charge in [-0.3, -0.25) is 4.79 Å². The van der Waals surface area contributed by atoms with Gasteiger partial charge in [0.2, 0.25) is 0 Å². The first-order valence-corrected chi connectivity index (χ1v) is 7.24. The first-order chi connectivity index (χ1) is 10.6. The molecule has 0 saturated carbocycles. The first kappa shape index (κ1) is 14.6. The Morgan fingerprint density at radius 3 is 2.82 bits per heavy atom. The van der Waals surface area contributed by atoms with E-state index in [9.17, 15) is 9.90 Å². The van der Waals surface area contributed by atoms with Gasteiger partial charge in [-0.1, -0.05) is 29.8 Å². The van der Waals surface area contributed by atoms with Gasteiger partial charge in [0.1, 0.15) is 5.69 Å². The zero-order valence-corrected chi connectivity index (χ0v) is 12.7. The number of carbonyl (C=O) groups is 1. The van der Waals surface area contributed by atoms with E-state index in [1.807, 2.05) is 25.1 Å². The van der Waals surface area contributed by atoms with E-state index in [0.29, 0.717) is 16.4 Å². The number of aliphatic hydroxyl groups is 1. The number of hydrogen-bond donors (Lipinski definition) is 3. The molecule has 0 bridgehead atoms. The van der Waals surface area contributed by atoms with Crippen LogP contribution in [0.1, 0.15) is 21.6 Å². The highest BCUT2D eigenvalue weighted by Gasteiger charge is 2.11. The zero-order valence-electron chi connectivity index (χ0n) is 12.0. The average Bonchev–Trinajstić information content (AvgIpc) is 2.92. The molecule has 1 amide bonds. The summed E-state index contributed by atoms with van der Waals surface area (Å²) in [6.45, 7) is 1.84. The standard InChI is InChI=1S/C17H15ClN2O2/c1-10-2-3-11(9-21)6-14(10)20-17(22)16-7-12-4-5-13(18)8-15(12)19-16/h2-8,19,21H,9H2,1H3,(H,20,22). The van der Waals surface area contributed by atoms with Crippen molar-refractivity contribution in [1.29, 1.82) is 0 Å². The number of halogens is 1. The fourth-order valence-electron chi connectivity index (χ4n) is 2.31. The average molecular weight is 315 g/mol. The minimum absolute atomic E-state index is 0.0615. The predicted octanol–water partition coefficient (Wildman–Crippen LogP) is 3.87. The largest absolute Gasteiger partial charge is 0.392 e. The molecule has 0 atom stereocenters. The maximum Gasteiger partial charge on any atom is 0.272 e. The van der Waals surface area contributed by atoms with Crippen LogP contribution in [0.3, 0.4) is 0 Å². The number of carbonyl (C=O) groups excluding carboxylic acids is 1. The number of benzene rings is 2. The smallest absolute Gasteiger partial charge is 0.272 e. The molecule has 5 heteroatoms. The van der Waals surface area contributed by atoms with Crippen LogP contribution in [0.15, 0.2) is 42.5 Å². The van der Waals surface area contributed by atoms with Crippen LogP contribution in [-0.4, -0.2) is 16.0 Å². The number of hydrogen-bond acceptors (Lipinski definition) is 2. The van der Waals surface area contributed by atoms with Crippen molar-refractivity contribution in [3.63, 3.8) is 0 Å². The van der Waals surface area contributed by atoms with Crippen molar-refractivity contribution in [2.24, 2.45) is 0 Å². The lowest BCUT2D eigenvalue weighted by molar-refractivity contribution is 0.102. The van der Waals surface area contributed by atoms with Crippen molar-refractivity contribution >= 4 is 34.1 Å².